The van der Waals surface area contributed by atoms with Gasteiger partial charge in [-0.15, -0.1) is 0 Å². The molecule has 0 bridgehead atoms. The maximum Gasteiger partial charge on any atom is 0.230 e. The summed E-state index contributed by atoms with van der Waals surface area (Å²) in [6, 6.07) is 19.3. The number of fused-ring (bicyclic) bond motifs is 1. The fraction of sp³-hybridized carbons (Fsp3) is 0.409. The third-order valence-corrected chi connectivity index (χ3v) is 5.62. The van der Waals surface area contributed by atoms with Crippen molar-refractivity contribution in [3.05, 3.63) is 65.7 Å². The number of carbonyl (C=O) groups excluding carboxylic acids is 1. The number of aryl methyl sites for hydroxylation is 1. The second-order valence-electron chi connectivity index (χ2n) is 7.25. The van der Waals surface area contributed by atoms with Crippen molar-refractivity contribution in [2.45, 2.75) is 44.1 Å². The molecule has 0 unspecified atom stereocenters. The molecule has 1 N–H and O–H groups in total. The first-order valence-corrected chi connectivity index (χ1v) is 9.49. The Morgan fingerprint density at radius 2 is 1.64 bits per heavy atom. The molecule has 0 aromatic heterocycles. The largest absolute Gasteiger partial charge is 0.382 e. The van der Waals surface area contributed by atoms with Gasteiger partial charge < -0.3 is 10.2 Å². The lowest BCUT2D eigenvalue weighted by Crippen LogP contribution is -2.44. The van der Waals surface area contributed by atoms with E-state index in [1.54, 1.807) is 0 Å². The molecule has 3 heteroatoms. The van der Waals surface area contributed by atoms with Gasteiger partial charge in [0.1, 0.15) is 0 Å². The Labute approximate surface area is 150 Å². The Bertz CT molecular complexity index is 720. The maximum absolute atomic E-state index is 13.1. The monoisotopic (exact) mass is 334 g/mol. The topological polar surface area (TPSA) is 32.3 Å². The first-order valence-electron chi connectivity index (χ1n) is 9.49. The number of benzene rings is 2. The summed E-state index contributed by atoms with van der Waals surface area (Å²) in [7, 11) is 0. The van der Waals surface area contributed by atoms with Crippen molar-refractivity contribution < 1.29 is 4.79 Å². The van der Waals surface area contributed by atoms with E-state index in [1.165, 1.54) is 16.8 Å². The van der Waals surface area contributed by atoms with Gasteiger partial charge in [-0.3, -0.25) is 4.79 Å². The van der Waals surface area contributed by atoms with E-state index in [4.69, 9.17) is 0 Å². The van der Waals surface area contributed by atoms with E-state index < -0.39 is 0 Å². The molecule has 3 nitrogen and oxygen atoms in total. The number of nitrogens with one attached hydrogen (secondary N) is 1. The molecule has 25 heavy (non-hydrogen) atoms. The van der Waals surface area contributed by atoms with Gasteiger partial charge in [-0.25, -0.2) is 0 Å². The number of carbonyl (C=O) groups is 1. The van der Waals surface area contributed by atoms with Crippen LogP contribution in [0.4, 0.5) is 5.69 Å². The summed E-state index contributed by atoms with van der Waals surface area (Å²) in [5.74, 6) is 0.411. The highest BCUT2D eigenvalue weighted by molar-refractivity contribution is 5.84. The van der Waals surface area contributed by atoms with Gasteiger partial charge in [0.2, 0.25) is 5.91 Å². The van der Waals surface area contributed by atoms with Crippen LogP contribution in [0.1, 0.15) is 42.7 Å². The quantitative estimate of drug-likeness (QED) is 0.912. The molecule has 2 aliphatic rings. The van der Waals surface area contributed by atoms with E-state index in [1.807, 2.05) is 6.07 Å². The molecule has 1 atom stereocenters. The second kappa shape index (κ2) is 7.30. The zero-order chi connectivity index (χ0) is 17.1. The van der Waals surface area contributed by atoms with Gasteiger partial charge in [0, 0.05) is 24.8 Å². The van der Waals surface area contributed by atoms with Crippen molar-refractivity contribution in [2.75, 3.05) is 18.4 Å². The predicted molar refractivity (Wildman–Crippen MR) is 102 cm³/mol. The van der Waals surface area contributed by atoms with Gasteiger partial charge in [0.15, 0.2) is 0 Å². The molecule has 1 aliphatic carbocycles. The smallest absolute Gasteiger partial charge is 0.230 e. The fourth-order valence-electron chi connectivity index (χ4n) is 4.25. The summed E-state index contributed by atoms with van der Waals surface area (Å²) in [5, 5.41) is 3.60. The third-order valence-electron chi connectivity index (χ3n) is 5.62. The summed E-state index contributed by atoms with van der Waals surface area (Å²) >= 11 is 0. The number of hydrogen-bond acceptors (Lipinski definition) is 2. The van der Waals surface area contributed by atoms with Crippen LogP contribution < -0.4 is 5.32 Å². The number of piperidine rings is 1. The molecular weight excluding hydrogens is 308 g/mol. The average Bonchev–Trinajstić information content (AvgIpc) is 2.68. The van der Waals surface area contributed by atoms with Crippen LogP contribution in [0, 0.1) is 0 Å². The molecule has 0 saturated carbocycles. The summed E-state index contributed by atoms with van der Waals surface area (Å²) in [6.07, 6.45) is 5.28. The lowest BCUT2D eigenvalue weighted by Gasteiger charge is -2.36. The van der Waals surface area contributed by atoms with Gasteiger partial charge in [-0.05, 0) is 55.4 Å². The van der Waals surface area contributed by atoms with Gasteiger partial charge in [-0.2, -0.15) is 0 Å². The molecule has 1 heterocycles. The van der Waals surface area contributed by atoms with Gasteiger partial charge in [-0.1, -0.05) is 42.5 Å². The number of amides is 1. The predicted octanol–water partition coefficient (Wildman–Crippen LogP) is 4.21. The molecule has 0 radical (unpaired) electrons. The SMILES string of the molecule is O=C([C@@H]1CCCc2ccccc21)N1CCC(Nc2ccccc2)CC1. The molecule has 2 aromatic rings. The summed E-state index contributed by atoms with van der Waals surface area (Å²) in [5.41, 5.74) is 3.81. The van der Waals surface area contributed by atoms with E-state index >= 15 is 0 Å². The highest BCUT2D eigenvalue weighted by atomic mass is 16.2. The van der Waals surface area contributed by atoms with Gasteiger partial charge >= 0.3 is 0 Å². The van der Waals surface area contributed by atoms with Crippen LogP contribution in [0.5, 0.6) is 0 Å². The first-order chi connectivity index (χ1) is 12.3. The van der Waals surface area contributed by atoms with Crippen molar-refractivity contribution in [2.24, 2.45) is 0 Å². The number of hydrogen-bond donors (Lipinski definition) is 1. The van der Waals surface area contributed by atoms with E-state index in [2.05, 4.69) is 58.7 Å². The second-order valence-corrected chi connectivity index (χ2v) is 7.25. The Morgan fingerprint density at radius 1 is 0.920 bits per heavy atom. The minimum Gasteiger partial charge on any atom is -0.382 e. The Kier molecular flexibility index (Phi) is 4.73. The zero-order valence-electron chi connectivity index (χ0n) is 14.7. The zero-order valence-corrected chi connectivity index (χ0v) is 14.7. The molecule has 0 spiro atoms. The fourth-order valence-corrected chi connectivity index (χ4v) is 4.25. The Morgan fingerprint density at radius 3 is 2.44 bits per heavy atom. The van der Waals surface area contributed by atoms with Crippen molar-refractivity contribution in [3.8, 4) is 0 Å². The van der Waals surface area contributed by atoms with Crippen molar-refractivity contribution >= 4 is 11.6 Å². The van der Waals surface area contributed by atoms with E-state index in [-0.39, 0.29) is 5.92 Å². The lowest BCUT2D eigenvalue weighted by atomic mass is 9.82. The van der Waals surface area contributed by atoms with E-state index in [9.17, 15) is 4.79 Å². The Balaban J connectivity index is 1.37. The van der Waals surface area contributed by atoms with Crippen LogP contribution in [0.25, 0.3) is 0 Å². The molecule has 2 aromatic carbocycles. The number of rotatable bonds is 3. The van der Waals surface area contributed by atoms with Gasteiger partial charge in [0.25, 0.3) is 0 Å². The van der Waals surface area contributed by atoms with Gasteiger partial charge in [0.05, 0.1) is 5.92 Å². The van der Waals surface area contributed by atoms with Crippen molar-refractivity contribution in [3.63, 3.8) is 0 Å². The summed E-state index contributed by atoms with van der Waals surface area (Å²) < 4.78 is 0. The van der Waals surface area contributed by atoms with E-state index in [0.29, 0.717) is 11.9 Å². The van der Waals surface area contributed by atoms with Crippen LogP contribution in [-0.2, 0) is 11.2 Å². The normalized spacial score (nSPS) is 20.8. The van der Waals surface area contributed by atoms with E-state index in [0.717, 1.165) is 45.2 Å². The van der Waals surface area contributed by atoms with Crippen molar-refractivity contribution in [1.29, 1.82) is 0 Å². The average molecular weight is 334 g/mol. The standard InChI is InChI=1S/C22H26N2O/c25-22(21-12-6-8-17-7-4-5-11-20(17)21)24-15-13-19(14-16-24)23-18-9-2-1-3-10-18/h1-5,7,9-11,19,21,23H,6,8,12-16H2/t21-/m1/s1. The van der Waals surface area contributed by atoms with Crippen LogP contribution in [0.15, 0.2) is 54.6 Å². The Hall–Kier alpha value is -2.29. The third kappa shape index (κ3) is 3.55. The highest BCUT2D eigenvalue weighted by Gasteiger charge is 2.31. The molecule has 130 valence electrons. The van der Waals surface area contributed by atoms with Crippen LogP contribution in [0.3, 0.4) is 0 Å². The molecule has 1 saturated heterocycles. The summed E-state index contributed by atoms with van der Waals surface area (Å²) in [6.45, 7) is 1.73. The molecule has 1 amide bonds. The first kappa shape index (κ1) is 16.2. The summed E-state index contributed by atoms with van der Waals surface area (Å²) in [4.78, 5) is 15.2. The number of para-hydroxylation sites is 1. The lowest BCUT2D eigenvalue weighted by molar-refractivity contribution is -0.134. The van der Waals surface area contributed by atoms with Crippen LogP contribution in [-0.4, -0.2) is 29.9 Å². The number of likely N-dealkylation sites (tertiary alicyclic amines) is 1. The van der Waals surface area contributed by atoms with Crippen LogP contribution in [0.2, 0.25) is 0 Å². The minimum atomic E-state index is 0.0728. The highest BCUT2D eigenvalue weighted by Crippen LogP contribution is 2.33. The van der Waals surface area contributed by atoms with Crippen LogP contribution >= 0.6 is 0 Å². The minimum absolute atomic E-state index is 0.0728. The number of anilines is 1. The van der Waals surface area contributed by atoms with Crippen molar-refractivity contribution in [1.82, 2.24) is 4.90 Å². The molecular formula is C22H26N2O. The molecule has 1 aliphatic heterocycles. The number of nitrogens with zero attached hydrogens (tertiary/aromatic N) is 1. The molecule has 4 rings (SSSR count). The molecule has 1 fully saturated rings. The maximum atomic E-state index is 13.1.